The summed E-state index contributed by atoms with van der Waals surface area (Å²) in [7, 11) is -3.47. The molecular formula is C14H12BrNO3S. The fourth-order valence-corrected chi connectivity index (χ4v) is 3.20. The van der Waals surface area contributed by atoms with Crippen LogP contribution in [0.15, 0.2) is 51.8 Å². The molecule has 1 amide bonds. The van der Waals surface area contributed by atoms with Gasteiger partial charge in [0.2, 0.25) is 5.91 Å². The van der Waals surface area contributed by atoms with E-state index in [0.717, 1.165) is 16.3 Å². The number of hydrogen-bond donors (Lipinski definition) is 1. The Kier molecular flexibility index (Phi) is 3.96. The molecule has 4 nitrogen and oxygen atoms in total. The van der Waals surface area contributed by atoms with Crippen LogP contribution in [0.4, 0.5) is 0 Å². The second kappa shape index (κ2) is 5.38. The number of benzene rings is 2. The van der Waals surface area contributed by atoms with E-state index in [2.05, 4.69) is 15.9 Å². The van der Waals surface area contributed by atoms with Crippen LogP contribution in [0.25, 0.3) is 11.1 Å². The summed E-state index contributed by atoms with van der Waals surface area (Å²) in [6.07, 6.45) is 1.11. The van der Waals surface area contributed by atoms with E-state index in [9.17, 15) is 13.2 Å². The van der Waals surface area contributed by atoms with Crippen LogP contribution >= 0.6 is 15.9 Å². The molecule has 0 aliphatic carbocycles. The summed E-state index contributed by atoms with van der Waals surface area (Å²) in [5, 5.41) is 0. The van der Waals surface area contributed by atoms with E-state index >= 15 is 0 Å². The predicted octanol–water partition coefficient (Wildman–Crippen LogP) is 2.62. The maximum atomic E-state index is 11.9. The summed E-state index contributed by atoms with van der Waals surface area (Å²) in [5.74, 6) is -0.657. The van der Waals surface area contributed by atoms with Crippen LogP contribution < -0.4 is 5.73 Å². The Morgan fingerprint density at radius 2 is 1.85 bits per heavy atom. The van der Waals surface area contributed by atoms with Gasteiger partial charge in [0.25, 0.3) is 0 Å². The van der Waals surface area contributed by atoms with Gasteiger partial charge in [0.05, 0.1) is 4.90 Å². The molecule has 2 aromatic carbocycles. The maximum absolute atomic E-state index is 11.9. The number of amides is 1. The highest BCUT2D eigenvalue weighted by Crippen LogP contribution is 2.30. The van der Waals surface area contributed by atoms with Crippen LogP contribution in [0.1, 0.15) is 10.4 Å². The van der Waals surface area contributed by atoms with Gasteiger partial charge < -0.3 is 5.73 Å². The van der Waals surface area contributed by atoms with Crippen molar-refractivity contribution in [1.29, 1.82) is 0 Å². The van der Waals surface area contributed by atoms with E-state index < -0.39 is 15.7 Å². The third-order valence-corrected chi connectivity index (χ3v) is 4.43. The third-order valence-electron chi connectivity index (χ3n) is 2.80. The van der Waals surface area contributed by atoms with Crippen LogP contribution in [0.5, 0.6) is 0 Å². The number of carbonyl (C=O) groups is 1. The van der Waals surface area contributed by atoms with E-state index in [1.54, 1.807) is 12.1 Å². The Labute approximate surface area is 125 Å². The lowest BCUT2D eigenvalue weighted by Gasteiger charge is -2.10. The first kappa shape index (κ1) is 14.7. The van der Waals surface area contributed by atoms with Crippen molar-refractivity contribution in [2.24, 2.45) is 5.73 Å². The highest BCUT2D eigenvalue weighted by Gasteiger charge is 2.17. The molecule has 6 heteroatoms. The van der Waals surface area contributed by atoms with Crippen molar-refractivity contribution in [2.75, 3.05) is 6.26 Å². The van der Waals surface area contributed by atoms with E-state index in [4.69, 9.17) is 5.73 Å². The first-order valence-electron chi connectivity index (χ1n) is 5.69. The quantitative estimate of drug-likeness (QED) is 0.921. The smallest absolute Gasteiger partial charge is 0.248 e. The van der Waals surface area contributed by atoms with Gasteiger partial charge in [-0.2, -0.15) is 0 Å². The SMILES string of the molecule is CS(=O)(=O)c1cc(C(N)=O)ccc1-c1cccc(Br)c1. The summed E-state index contributed by atoms with van der Waals surface area (Å²) < 4.78 is 24.7. The summed E-state index contributed by atoms with van der Waals surface area (Å²) >= 11 is 3.35. The van der Waals surface area contributed by atoms with Crippen LogP contribution in [0.2, 0.25) is 0 Å². The van der Waals surface area contributed by atoms with E-state index in [1.165, 1.54) is 12.1 Å². The molecule has 0 saturated carbocycles. The molecule has 0 spiro atoms. The number of nitrogens with two attached hydrogens (primary N) is 1. The molecule has 0 saturated heterocycles. The Hall–Kier alpha value is -1.66. The molecule has 0 radical (unpaired) electrons. The maximum Gasteiger partial charge on any atom is 0.248 e. The second-order valence-electron chi connectivity index (χ2n) is 4.36. The van der Waals surface area contributed by atoms with Crippen molar-refractivity contribution < 1.29 is 13.2 Å². The van der Waals surface area contributed by atoms with Gasteiger partial charge in [-0.25, -0.2) is 8.42 Å². The topological polar surface area (TPSA) is 77.2 Å². The van der Waals surface area contributed by atoms with Crippen molar-refractivity contribution in [1.82, 2.24) is 0 Å². The van der Waals surface area contributed by atoms with E-state index in [1.807, 2.05) is 18.2 Å². The van der Waals surface area contributed by atoms with Gasteiger partial charge in [-0.3, -0.25) is 4.79 Å². The predicted molar refractivity (Wildman–Crippen MR) is 81.2 cm³/mol. The van der Waals surface area contributed by atoms with Crippen molar-refractivity contribution in [2.45, 2.75) is 4.90 Å². The first-order valence-corrected chi connectivity index (χ1v) is 8.37. The zero-order valence-corrected chi connectivity index (χ0v) is 13.0. The minimum absolute atomic E-state index is 0.0897. The Morgan fingerprint density at radius 3 is 2.40 bits per heavy atom. The molecule has 2 N–H and O–H groups in total. The zero-order valence-electron chi connectivity index (χ0n) is 10.6. The number of primary amides is 1. The number of halogens is 1. The Morgan fingerprint density at radius 1 is 1.15 bits per heavy atom. The molecule has 0 bridgehead atoms. The van der Waals surface area contributed by atoms with Crippen molar-refractivity contribution in [3.8, 4) is 11.1 Å². The lowest BCUT2D eigenvalue weighted by atomic mass is 10.0. The first-order chi connectivity index (χ1) is 9.29. The lowest BCUT2D eigenvalue weighted by molar-refractivity contribution is 0.1000. The Bertz CT molecular complexity index is 785. The molecule has 0 aromatic heterocycles. The van der Waals surface area contributed by atoms with E-state index in [0.29, 0.717) is 5.56 Å². The van der Waals surface area contributed by atoms with Gasteiger partial charge in [0.15, 0.2) is 9.84 Å². The van der Waals surface area contributed by atoms with Crippen molar-refractivity contribution in [3.05, 3.63) is 52.5 Å². The molecular weight excluding hydrogens is 342 g/mol. The monoisotopic (exact) mass is 353 g/mol. The zero-order chi connectivity index (χ0) is 14.9. The Balaban J connectivity index is 2.74. The van der Waals surface area contributed by atoms with Gasteiger partial charge in [-0.15, -0.1) is 0 Å². The van der Waals surface area contributed by atoms with Crippen LogP contribution in [-0.4, -0.2) is 20.6 Å². The van der Waals surface area contributed by atoms with E-state index in [-0.39, 0.29) is 10.5 Å². The molecule has 0 aliphatic rings. The van der Waals surface area contributed by atoms with Gasteiger partial charge in [-0.05, 0) is 29.8 Å². The molecule has 2 rings (SSSR count). The summed E-state index contributed by atoms with van der Waals surface area (Å²) in [6, 6.07) is 11.7. The number of carbonyl (C=O) groups excluding carboxylic acids is 1. The summed E-state index contributed by atoms with van der Waals surface area (Å²) in [4.78, 5) is 11.3. The molecule has 2 aromatic rings. The number of sulfone groups is 1. The van der Waals surface area contributed by atoms with Gasteiger partial charge in [0.1, 0.15) is 0 Å². The fraction of sp³-hybridized carbons (Fsp3) is 0.0714. The largest absolute Gasteiger partial charge is 0.366 e. The minimum atomic E-state index is -3.47. The molecule has 0 heterocycles. The molecule has 0 unspecified atom stereocenters. The van der Waals surface area contributed by atoms with Crippen LogP contribution in [-0.2, 0) is 9.84 Å². The normalized spacial score (nSPS) is 11.3. The second-order valence-corrected chi connectivity index (χ2v) is 7.26. The average Bonchev–Trinajstić information content (AvgIpc) is 2.37. The third kappa shape index (κ3) is 3.08. The standard InChI is InChI=1S/C14H12BrNO3S/c1-20(18,19)13-8-10(14(16)17)5-6-12(13)9-3-2-4-11(15)7-9/h2-8H,1H3,(H2,16,17). The van der Waals surface area contributed by atoms with Gasteiger partial charge in [0, 0.05) is 21.9 Å². The van der Waals surface area contributed by atoms with Crippen LogP contribution in [0, 0.1) is 0 Å². The van der Waals surface area contributed by atoms with Gasteiger partial charge in [-0.1, -0.05) is 34.1 Å². The lowest BCUT2D eigenvalue weighted by Crippen LogP contribution is -2.12. The summed E-state index contributed by atoms with van der Waals surface area (Å²) in [5.41, 5.74) is 6.65. The molecule has 0 fully saturated rings. The summed E-state index contributed by atoms with van der Waals surface area (Å²) in [6.45, 7) is 0. The number of hydrogen-bond acceptors (Lipinski definition) is 3. The molecule has 20 heavy (non-hydrogen) atoms. The highest BCUT2D eigenvalue weighted by molar-refractivity contribution is 9.10. The van der Waals surface area contributed by atoms with Crippen molar-refractivity contribution >= 4 is 31.7 Å². The molecule has 104 valence electrons. The molecule has 0 aliphatic heterocycles. The fourth-order valence-electron chi connectivity index (χ4n) is 1.88. The van der Waals surface area contributed by atoms with Crippen molar-refractivity contribution in [3.63, 3.8) is 0 Å². The van der Waals surface area contributed by atoms with Crippen LogP contribution in [0.3, 0.4) is 0 Å². The molecule has 0 atom stereocenters. The van der Waals surface area contributed by atoms with Gasteiger partial charge >= 0.3 is 0 Å². The number of rotatable bonds is 3. The average molecular weight is 354 g/mol. The minimum Gasteiger partial charge on any atom is -0.366 e. The highest BCUT2D eigenvalue weighted by atomic mass is 79.9.